The molecule has 0 saturated carbocycles. The fourth-order valence-electron chi connectivity index (χ4n) is 0.512. The van der Waals surface area contributed by atoms with E-state index >= 15 is 0 Å². The molecule has 0 heterocycles. The van der Waals surface area contributed by atoms with Crippen molar-refractivity contribution in [1.29, 1.82) is 0 Å². The monoisotopic (exact) mass is 231 g/mol. The molecule has 2 atom stereocenters. The summed E-state index contributed by atoms with van der Waals surface area (Å²) >= 11 is 0. The van der Waals surface area contributed by atoms with Gasteiger partial charge in [-0.3, -0.25) is 9.59 Å². The Morgan fingerprint density at radius 3 is 2.07 bits per heavy atom. The van der Waals surface area contributed by atoms with Gasteiger partial charge in [-0.05, 0) is 0 Å². The van der Waals surface area contributed by atoms with E-state index < -0.39 is 31.0 Å². The first kappa shape index (κ1) is 20.1. The predicted molar refractivity (Wildman–Crippen MR) is 43.9 cm³/mol. The molecule has 0 unspecified atom stereocenters. The van der Waals surface area contributed by atoms with Crippen molar-refractivity contribution in [3.05, 3.63) is 10.1 Å². The van der Waals surface area contributed by atoms with Crippen molar-refractivity contribution in [3.63, 3.8) is 0 Å². The summed E-state index contributed by atoms with van der Waals surface area (Å²) in [6.07, 6.45) is -3.12. The van der Waals surface area contributed by atoms with Crippen LogP contribution in [0.15, 0.2) is 5.34 Å². The Bertz CT molecular complexity index is 188. The second-order valence-corrected chi connectivity index (χ2v) is 2.18. The Morgan fingerprint density at radius 1 is 1.40 bits per heavy atom. The maximum absolute atomic E-state index is 10.3. The minimum Gasteiger partial charge on any atom is -0.444 e. The van der Waals surface area contributed by atoms with Crippen LogP contribution in [-0.4, -0.2) is 46.2 Å². The van der Waals surface area contributed by atoms with Gasteiger partial charge in [0, 0.05) is 6.42 Å². The molecule has 15 heavy (non-hydrogen) atoms. The van der Waals surface area contributed by atoms with Crippen LogP contribution in [0.2, 0.25) is 0 Å². The SMILES string of the molecule is O=CC(=O)C[C@H](O)[C@H](O)CO.O=N[O-].[Na+]. The molecule has 9 heteroatoms. The van der Waals surface area contributed by atoms with Gasteiger partial charge in [0.25, 0.3) is 0 Å². The van der Waals surface area contributed by atoms with E-state index in [0.29, 0.717) is 0 Å². The maximum atomic E-state index is 10.3. The van der Waals surface area contributed by atoms with Crippen molar-refractivity contribution < 1.29 is 54.5 Å². The van der Waals surface area contributed by atoms with Gasteiger partial charge in [-0.15, -0.1) is 5.34 Å². The minimum atomic E-state index is -1.36. The zero-order valence-corrected chi connectivity index (χ0v) is 10.1. The number of hydrogen-bond donors (Lipinski definition) is 3. The zero-order valence-electron chi connectivity index (χ0n) is 8.07. The van der Waals surface area contributed by atoms with Crippen LogP contribution < -0.4 is 29.6 Å². The molecule has 0 rings (SSSR count). The molecule has 0 radical (unpaired) electrons. The number of rotatable bonds is 5. The molecule has 0 bridgehead atoms. The van der Waals surface area contributed by atoms with E-state index in [-0.39, 0.29) is 35.8 Å². The van der Waals surface area contributed by atoms with Crippen LogP contribution in [0.5, 0.6) is 0 Å². The van der Waals surface area contributed by atoms with Crippen LogP contribution in [-0.2, 0) is 9.59 Å². The molecule has 0 fully saturated rings. The quantitative estimate of drug-likeness (QED) is 0.141. The third-order valence-electron chi connectivity index (χ3n) is 1.17. The summed E-state index contributed by atoms with van der Waals surface area (Å²) in [6.45, 7) is -0.632. The summed E-state index contributed by atoms with van der Waals surface area (Å²) in [5.41, 5.74) is 0. The van der Waals surface area contributed by atoms with Crippen molar-refractivity contribution in [1.82, 2.24) is 0 Å². The summed E-state index contributed by atoms with van der Waals surface area (Å²) in [6, 6.07) is 0. The van der Waals surface area contributed by atoms with Gasteiger partial charge in [0.2, 0.25) is 0 Å². The molecule has 0 aromatic heterocycles. The van der Waals surface area contributed by atoms with Crippen molar-refractivity contribution in [2.24, 2.45) is 5.34 Å². The van der Waals surface area contributed by atoms with E-state index in [2.05, 4.69) is 0 Å². The van der Waals surface area contributed by atoms with Crippen LogP contribution in [0.3, 0.4) is 0 Å². The number of hydrogen-bond acceptors (Lipinski definition) is 8. The number of aldehydes is 1. The molecule has 0 aromatic carbocycles. The predicted octanol–water partition coefficient (Wildman–Crippen LogP) is -4.89. The topological polar surface area (TPSA) is 147 Å². The van der Waals surface area contributed by atoms with Crippen LogP contribution in [0, 0.1) is 10.1 Å². The van der Waals surface area contributed by atoms with Gasteiger partial charge in [-0.2, -0.15) is 0 Å². The molecule has 0 aliphatic rings. The van der Waals surface area contributed by atoms with E-state index in [1.54, 1.807) is 0 Å². The summed E-state index contributed by atoms with van der Waals surface area (Å²) in [4.78, 5) is 28.1. The normalized spacial score (nSPS) is 12.2. The Balaban J connectivity index is -0.000000320. The number of ketones is 1. The van der Waals surface area contributed by atoms with Gasteiger partial charge in [0.1, 0.15) is 6.10 Å². The number of carbonyl (C=O) groups excluding carboxylic acids is 2. The van der Waals surface area contributed by atoms with Gasteiger partial charge in [-0.25, -0.2) is 0 Å². The fraction of sp³-hybridized carbons (Fsp3) is 0.667. The van der Waals surface area contributed by atoms with Gasteiger partial charge in [0.05, 0.1) is 12.7 Å². The molecule has 0 saturated heterocycles. The molecule has 0 aliphatic heterocycles. The second-order valence-electron chi connectivity index (χ2n) is 2.18. The molecular weight excluding hydrogens is 221 g/mol. The average molecular weight is 231 g/mol. The third kappa shape index (κ3) is 13.6. The van der Waals surface area contributed by atoms with Crippen LogP contribution in [0.1, 0.15) is 6.42 Å². The summed E-state index contributed by atoms with van der Waals surface area (Å²) in [7, 11) is 0. The second kappa shape index (κ2) is 13.6. The van der Waals surface area contributed by atoms with E-state index in [1.165, 1.54) is 0 Å². The fourth-order valence-corrected chi connectivity index (χ4v) is 0.512. The Labute approximate surface area is 107 Å². The number of aliphatic hydroxyl groups excluding tert-OH is 3. The number of Topliss-reactive ketones (excluding diaryl/α,β-unsaturated/α-hetero) is 1. The van der Waals surface area contributed by atoms with Crippen molar-refractivity contribution in [2.45, 2.75) is 18.6 Å². The summed E-state index contributed by atoms with van der Waals surface area (Å²) in [5, 5.41) is 34.8. The van der Waals surface area contributed by atoms with E-state index in [1.807, 2.05) is 0 Å². The summed E-state index contributed by atoms with van der Waals surface area (Å²) in [5.74, 6) is -0.801. The van der Waals surface area contributed by atoms with Crippen LogP contribution >= 0.6 is 0 Å². The van der Waals surface area contributed by atoms with E-state index in [4.69, 9.17) is 25.4 Å². The van der Waals surface area contributed by atoms with Crippen molar-refractivity contribution in [3.8, 4) is 0 Å². The van der Waals surface area contributed by atoms with E-state index in [0.717, 1.165) is 5.34 Å². The Morgan fingerprint density at radius 2 is 1.80 bits per heavy atom. The zero-order chi connectivity index (χ0) is 11.6. The Kier molecular flexibility index (Phi) is 18.2. The Hall–Kier alpha value is -0.380. The van der Waals surface area contributed by atoms with Gasteiger partial charge < -0.3 is 25.4 Å². The molecule has 0 aromatic rings. The van der Waals surface area contributed by atoms with Gasteiger partial charge in [-0.1, -0.05) is 0 Å². The van der Waals surface area contributed by atoms with Crippen molar-refractivity contribution in [2.75, 3.05) is 6.61 Å². The maximum Gasteiger partial charge on any atom is 1.00 e. The molecule has 0 amide bonds. The number of carbonyl (C=O) groups is 2. The standard InChI is InChI=1S/C6H10O5.HNO2.Na/c7-2-4(9)1-5(10)6(11)3-8;2-1-3;/h2,5-6,8,10-11H,1,3H2;(H,2,3);/q;;+1/p-1/t5-,6+;;/m0../s1. The third-order valence-corrected chi connectivity index (χ3v) is 1.17. The largest absolute Gasteiger partial charge is 1.00 e. The van der Waals surface area contributed by atoms with Crippen LogP contribution in [0.25, 0.3) is 0 Å². The molecular formula is C6H10NNaO7. The first-order chi connectivity index (χ1) is 6.53. The molecule has 3 N–H and O–H groups in total. The van der Waals surface area contributed by atoms with Gasteiger partial charge in [0.15, 0.2) is 12.1 Å². The minimum absolute atomic E-state index is 0. The first-order valence-electron chi connectivity index (χ1n) is 3.43. The average Bonchev–Trinajstić information content (AvgIpc) is 2.17. The van der Waals surface area contributed by atoms with Gasteiger partial charge >= 0.3 is 29.6 Å². The first-order valence-corrected chi connectivity index (χ1v) is 3.43. The molecule has 82 valence electrons. The number of aliphatic hydroxyl groups is 3. The number of nitrogens with zero attached hydrogens (tertiary/aromatic N) is 1. The summed E-state index contributed by atoms with van der Waals surface area (Å²) < 4.78 is 0. The smallest absolute Gasteiger partial charge is 0.444 e. The molecule has 0 spiro atoms. The van der Waals surface area contributed by atoms with Crippen molar-refractivity contribution >= 4 is 12.1 Å². The van der Waals surface area contributed by atoms with Crippen LogP contribution in [0.4, 0.5) is 0 Å². The molecule has 8 nitrogen and oxygen atoms in total. The van der Waals surface area contributed by atoms with E-state index in [9.17, 15) is 9.59 Å². The molecule has 0 aliphatic carbocycles.